The van der Waals surface area contributed by atoms with E-state index in [1.807, 2.05) is 30.0 Å². The number of amides is 2. The van der Waals surface area contributed by atoms with Gasteiger partial charge in [-0.05, 0) is 38.2 Å². The van der Waals surface area contributed by atoms with E-state index >= 15 is 0 Å². The van der Waals surface area contributed by atoms with Crippen molar-refractivity contribution in [1.82, 2.24) is 10.2 Å². The number of hydrogen-bond acceptors (Lipinski definition) is 2. The summed E-state index contributed by atoms with van der Waals surface area (Å²) in [6.45, 7) is 3.84. The lowest BCUT2D eigenvalue weighted by atomic mass is 10.1. The number of rotatable bonds is 5. The maximum absolute atomic E-state index is 11.9. The molecule has 2 amide bonds. The first-order valence-electron chi connectivity index (χ1n) is 7.75. The van der Waals surface area contributed by atoms with E-state index in [9.17, 15) is 9.59 Å². The average Bonchev–Trinajstić information content (AvgIpc) is 2.51. The summed E-state index contributed by atoms with van der Waals surface area (Å²) in [7, 11) is 0. The number of benzene rings is 1. The zero-order valence-corrected chi connectivity index (χ0v) is 12.7. The van der Waals surface area contributed by atoms with Gasteiger partial charge in [-0.1, -0.05) is 29.8 Å². The summed E-state index contributed by atoms with van der Waals surface area (Å²) in [4.78, 5) is 25.6. The van der Waals surface area contributed by atoms with Crippen molar-refractivity contribution in [2.45, 2.75) is 39.0 Å². The minimum atomic E-state index is -0.0538. The van der Waals surface area contributed by atoms with Gasteiger partial charge in [0, 0.05) is 19.5 Å². The van der Waals surface area contributed by atoms with Gasteiger partial charge in [0.25, 0.3) is 0 Å². The number of nitrogens with one attached hydrogen (secondary N) is 1. The Morgan fingerprint density at radius 3 is 2.67 bits per heavy atom. The maximum Gasteiger partial charge on any atom is 0.241 e. The van der Waals surface area contributed by atoms with E-state index in [0.29, 0.717) is 12.8 Å². The van der Waals surface area contributed by atoms with Gasteiger partial charge in [-0.2, -0.15) is 0 Å². The van der Waals surface area contributed by atoms with E-state index < -0.39 is 0 Å². The van der Waals surface area contributed by atoms with E-state index in [1.165, 1.54) is 12.0 Å². The third kappa shape index (κ3) is 5.21. The summed E-state index contributed by atoms with van der Waals surface area (Å²) in [6.07, 6.45) is 4.49. The van der Waals surface area contributed by atoms with Crippen molar-refractivity contribution in [2.24, 2.45) is 0 Å². The van der Waals surface area contributed by atoms with Crippen LogP contribution in [0.4, 0.5) is 0 Å². The van der Waals surface area contributed by atoms with Crippen LogP contribution < -0.4 is 5.32 Å². The van der Waals surface area contributed by atoms with Crippen LogP contribution in [0.3, 0.4) is 0 Å². The van der Waals surface area contributed by atoms with E-state index in [-0.39, 0.29) is 18.4 Å². The molecule has 0 aliphatic carbocycles. The molecule has 4 heteroatoms. The lowest BCUT2D eigenvalue weighted by molar-refractivity contribution is -0.133. The number of carbonyl (C=O) groups is 2. The molecule has 0 aromatic heterocycles. The number of aryl methyl sites for hydroxylation is 2. The standard InChI is InChI=1S/C17H24N2O2/c1-14-6-5-7-15(12-14)8-9-16(20)18-13-17(21)19-10-3-2-4-11-19/h5-7,12H,2-4,8-11,13H2,1H3,(H,18,20). The lowest BCUT2D eigenvalue weighted by Gasteiger charge is -2.26. The van der Waals surface area contributed by atoms with Gasteiger partial charge in [0.05, 0.1) is 6.54 Å². The minimum Gasteiger partial charge on any atom is -0.347 e. The van der Waals surface area contributed by atoms with E-state index in [0.717, 1.165) is 31.5 Å². The van der Waals surface area contributed by atoms with Gasteiger partial charge in [-0.15, -0.1) is 0 Å². The van der Waals surface area contributed by atoms with Crippen LogP contribution >= 0.6 is 0 Å². The smallest absolute Gasteiger partial charge is 0.241 e. The second-order valence-electron chi connectivity index (χ2n) is 5.71. The van der Waals surface area contributed by atoms with Crippen LogP contribution in [-0.2, 0) is 16.0 Å². The highest BCUT2D eigenvalue weighted by atomic mass is 16.2. The first-order chi connectivity index (χ1) is 10.1. The molecule has 1 N–H and O–H groups in total. The molecule has 1 saturated heterocycles. The molecular formula is C17H24N2O2. The van der Waals surface area contributed by atoms with Crippen molar-refractivity contribution in [1.29, 1.82) is 0 Å². The highest BCUT2D eigenvalue weighted by Gasteiger charge is 2.16. The zero-order valence-electron chi connectivity index (χ0n) is 12.7. The summed E-state index contributed by atoms with van der Waals surface area (Å²) >= 11 is 0. The normalized spacial score (nSPS) is 14.8. The van der Waals surface area contributed by atoms with E-state index in [4.69, 9.17) is 0 Å². The summed E-state index contributed by atoms with van der Waals surface area (Å²) in [5.41, 5.74) is 2.36. The van der Waals surface area contributed by atoms with Gasteiger partial charge >= 0.3 is 0 Å². The van der Waals surface area contributed by atoms with Crippen LogP contribution in [-0.4, -0.2) is 36.3 Å². The molecule has 4 nitrogen and oxygen atoms in total. The molecular weight excluding hydrogens is 264 g/mol. The fourth-order valence-corrected chi connectivity index (χ4v) is 2.64. The lowest BCUT2D eigenvalue weighted by Crippen LogP contribution is -2.42. The summed E-state index contributed by atoms with van der Waals surface area (Å²) in [5, 5.41) is 2.73. The molecule has 1 aromatic carbocycles. The summed E-state index contributed by atoms with van der Waals surface area (Å²) < 4.78 is 0. The summed E-state index contributed by atoms with van der Waals surface area (Å²) in [5.74, 6) is -0.0135. The molecule has 1 fully saturated rings. The number of nitrogens with zero attached hydrogens (tertiary/aromatic N) is 1. The molecule has 0 bridgehead atoms. The van der Waals surface area contributed by atoms with Crippen LogP contribution in [0.25, 0.3) is 0 Å². The van der Waals surface area contributed by atoms with Gasteiger partial charge in [0.1, 0.15) is 0 Å². The van der Waals surface area contributed by atoms with Crippen molar-refractivity contribution >= 4 is 11.8 Å². The highest BCUT2D eigenvalue weighted by Crippen LogP contribution is 2.08. The van der Waals surface area contributed by atoms with Crippen molar-refractivity contribution in [3.05, 3.63) is 35.4 Å². The molecule has 114 valence electrons. The Morgan fingerprint density at radius 1 is 1.19 bits per heavy atom. The molecule has 0 atom stereocenters. The van der Waals surface area contributed by atoms with Crippen LogP contribution in [0.5, 0.6) is 0 Å². The molecule has 1 aromatic rings. The molecule has 1 heterocycles. The van der Waals surface area contributed by atoms with Crippen molar-refractivity contribution in [3.63, 3.8) is 0 Å². The zero-order chi connectivity index (χ0) is 15.1. The van der Waals surface area contributed by atoms with Crippen molar-refractivity contribution < 1.29 is 9.59 Å². The number of hydrogen-bond donors (Lipinski definition) is 1. The largest absolute Gasteiger partial charge is 0.347 e. The van der Waals surface area contributed by atoms with E-state index in [1.54, 1.807) is 0 Å². The molecule has 0 saturated carbocycles. The summed E-state index contributed by atoms with van der Waals surface area (Å²) in [6, 6.07) is 8.16. The minimum absolute atomic E-state index is 0.0404. The van der Waals surface area contributed by atoms with Gasteiger partial charge in [-0.3, -0.25) is 9.59 Å². The molecule has 0 radical (unpaired) electrons. The SMILES string of the molecule is Cc1cccc(CCC(=O)NCC(=O)N2CCCCC2)c1. The quantitative estimate of drug-likeness (QED) is 0.901. The van der Waals surface area contributed by atoms with Crippen LogP contribution in [0, 0.1) is 6.92 Å². The molecule has 0 unspecified atom stereocenters. The Hall–Kier alpha value is -1.84. The fourth-order valence-electron chi connectivity index (χ4n) is 2.64. The first kappa shape index (κ1) is 15.5. The third-order valence-corrected chi connectivity index (χ3v) is 3.87. The van der Waals surface area contributed by atoms with Crippen LogP contribution in [0.2, 0.25) is 0 Å². The van der Waals surface area contributed by atoms with Crippen LogP contribution in [0.15, 0.2) is 24.3 Å². The number of carbonyl (C=O) groups excluding carboxylic acids is 2. The Labute approximate surface area is 126 Å². The number of piperidine rings is 1. The van der Waals surface area contributed by atoms with Crippen molar-refractivity contribution in [2.75, 3.05) is 19.6 Å². The van der Waals surface area contributed by atoms with Gasteiger partial charge in [0.15, 0.2) is 0 Å². The molecule has 1 aliphatic rings. The maximum atomic E-state index is 11.9. The predicted molar refractivity (Wildman–Crippen MR) is 82.9 cm³/mol. The van der Waals surface area contributed by atoms with Gasteiger partial charge in [0.2, 0.25) is 11.8 Å². The molecule has 0 spiro atoms. The Morgan fingerprint density at radius 2 is 1.95 bits per heavy atom. The fraction of sp³-hybridized carbons (Fsp3) is 0.529. The topological polar surface area (TPSA) is 49.4 Å². The van der Waals surface area contributed by atoms with Gasteiger partial charge < -0.3 is 10.2 Å². The number of likely N-dealkylation sites (tertiary alicyclic amines) is 1. The molecule has 2 rings (SSSR count). The Bertz CT molecular complexity index is 493. The second kappa shape index (κ2) is 7.81. The molecule has 21 heavy (non-hydrogen) atoms. The van der Waals surface area contributed by atoms with Gasteiger partial charge in [-0.25, -0.2) is 0 Å². The van der Waals surface area contributed by atoms with E-state index in [2.05, 4.69) is 11.4 Å². The first-order valence-corrected chi connectivity index (χ1v) is 7.75. The molecule has 1 aliphatic heterocycles. The third-order valence-electron chi connectivity index (χ3n) is 3.87. The van der Waals surface area contributed by atoms with Crippen molar-refractivity contribution in [3.8, 4) is 0 Å². The Balaban J connectivity index is 1.68. The average molecular weight is 288 g/mol. The predicted octanol–water partition coefficient (Wildman–Crippen LogP) is 2.06. The Kier molecular flexibility index (Phi) is 5.78. The van der Waals surface area contributed by atoms with Crippen LogP contribution in [0.1, 0.15) is 36.8 Å². The highest BCUT2D eigenvalue weighted by molar-refractivity contribution is 5.84. The second-order valence-corrected chi connectivity index (χ2v) is 5.71. The monoisotopic (exact) mass is 288 g/mol.